The fraction of sp³-hybridized carbons (Fsp3) is 0.600. The predicted octanol–water partition coefficient (Wildman–Crippen LogP) is 4.05. The van der Waals surface area contributed by atoms with Crippen LogP contribution in [0.5, 0.6) is 0 Å². The third-order valence-electron chi connectivity index (χ3n) is 4.31. The van der Waals surface area contributed by atoms with Gasteiger partial charge in [-0.1, -0.05) is 13.8 Å². The van der Waals surface area contributed by atoms with Gasteiger partial charge in [0, 0.05) is 18.2 Å². The molecule has 1 saturated carbocycles. The molecule has 1 aromatic carbocycles. The fourth-order valence-electron chi connectivity index (χ4n) is 2.84. The Kier molecular flexibility index (Phi) is 4.00. The van der Waals surface area contributed by atoms with Gasteiger partial charge in [0.15, 0.2) is 0 Å². The van der Waals surface area contributed by atoms with Gasteiger partial charge in [-0.2, -0.15) is 0 Å². The molecule has 0 heterocycles. The number of hydrogen-bond donors (Lipinski definition) is 1. The van der Waals surface area contributed by atoms with Crippen LogP contribution in [0.15, 0.2) is 18.2 Å². The van der Waals surface area contributed by atoms with E-state index >= 15 is 0 Å². The van der Waals surface area contributed by atoms with Gasteiger partial charge in [0.25, 0.3) is 0 Å². The lowest BCUT2D eigenvalue weighted by Gasteiger charge is -2.24. The minimum Gasteiger partial charge on any atom is -0.307 e. The Balaban J connectivity index is 2.05. The Morgan fingerprint density at radius 2 is 1.72 bits per heavy atom. The van der Waals surface area contributed by atoms with Crippen molar-refractivity contribution in [3.05, 3.63) is 35.4 Å². The quantitative estimate of drug-likeness (QED) is 0.857. The van der Waals surface area contributed by atoms with Crippen molar-refractivity contribution in [3.63, 3.8) is 0 Å². The first-order valence-corrected chi connectivity index (χ1v) is 6.69. The van der Waals surface area contributed by atoms with Crippen LogP contribution in [0.25, 0.3) is 0 Å². The monoisotopic (exact) mass is 253 g/mol. The van der Waals surface area contributed by atoms with Crippen molar-refractivity contribution in [1.82, 2.24) is 5.32 Å². The lowest BCUT2D eigenvalue weighted by Crippen LogP contribution is -2.34. The molecule has 3 heteroatoms. The zero-order chi connectivity index (χ0) is 13.3. The highest BCUT2D eigenvalue weighted by Gasteiger charge is 2.30. The molecule has 1 aromatic rings. The number of benzene rings is 1. The predicted molar refractivity (Wildman–Crippen MR) is 69.3 cm³/mol. The largest absolute Gasteiger partial charge is 0.307 e. The summed E-state index contributed by atoms with van der Waals surface area (Å²) >= 11 is 0. The Hall–Kier alpha value is -0.960. The molecule has 0 bridgehead atoms. The molecule has 1 nitrogen and oxygen atoms in total. The van der Waals surface area contributed by atoms with Crippen molar-refractivity contribution in [2.75, 3.05) is 0 Å². The van der Waals surface area contributed by atoms with Crippen LogP contribution in [0, 0.1) is 23.5 Å². The average molecular weight is 253 g/mol. The SMILES string of the molecule is CC(NC1CCC(C)C1C)c1cc(F)cc(F)c1. The maximum atomic E-state index is 13.2. The molecule has 100 valence electrons. The Bertz CT molecular complexity index is 399. The summed E-state index contributed by atoms with van der Waals surface area (Å²) in [4.78, 5) is 0. The minimum absolute atomic E-state index is 0.0204. The van der Waals surface area contributed by atoms with Gasteiger partial charge in [-0.15, -0.1) is 0 Å². The van der Waals surface area contributed by atoms with Crippen LogP contribution < -0.4 is 5.32 Å². The smallest absolute Gasteiger partial charge is 0.126 e. The Labute approximate surface area is 108 Å². The molecule has 0 aromatic heterocycles. The summed E-state index contributed by atoms with van der Waals surface area (Å²) < 4.78 is 26.3. The Morgan fingerprint density at radius 3 is 2.22 bits per heavy atom. The molecule has 1 fully saturated rings. The molecule has 1 aliphatic carbocycles. The van der Waals surface area contributed by atoms with E-state index in [-0.39, 0.29) is 6.04 Å². The van der Waals surface area contributed by atoms with Gasteiger partial charge in [0.2, 0.25) is 0 Å². The van der Waals surface area contributed by atoms with Crippen molar-refractivity contribution >= 4 is 0 Å². The van der Waals surface area contributed by atoms with Crippen molar-refractivity contribution in [3.8, 4) is 0 Å². The van der Waals surface area contributed by atoms with Crippen molar-refractivity contribution in [2.45, 2.75) is 45.7 Å². The molecular formula is C15H21F2N. The highest BCUT2D eigenvalue weighted by Crippen LogP contribution is 2.32. The maximum Gasteiger partial charge on any atom is 0.126 e. The second kappa shape index (κ2) is 5.35. The molecule has 0 saturated heterocycles. The highest BCUT2D eigenvalue weighted by atomic mass is 19.1. The van der Waals surface area contributed by atoms with E-state index in [0.29, 0.717) is 17.5 Å². The van der Waals surface area contributed by atoms with Crippen LogP contribution >= 0.6 is 0 Å². The van der Waals surface area contributed by atoms with E-state index < -0.39 is 11.6 Å². The topological polar surface area (TPSA) is 12.0 Å². The first-order chi connectivity index (χ1) is 8.47. The third kappa shape index (κ3) is 2.89. The summed E-state index contributed by atoms with van der Waals surface area (Å²) in [6.45, 7) is 6.47. The van der Waals surface area contributed by atoms with Crippen LogP contribution in [0.3, 0.4) is 0 Å². The molecule has 2 rings (SSSR count). The molecule has 0 aliphatic heterocycles. The normalized spacial score (nSPS) is 29.5. The molecule has 4 unspecified atom stereocenters. The number of halogens is 2. The standard InChI is InChI=1S/C15H21F2N/c1-9-4-5-15(10(9)2)18-11(3)12-6-13(16)8-14(17)7-12/h6-11,15,18H,4-5H2,1-3H3. The number of hydrogen-bond acceptors (Lipinski definition) is 1. The number of rotatable bonds is 3. The minimum atomic E-state index is -0.508. The van der Waals surface area contributed by atoms with Gasteiger partial charge in [-0.25, -0.2) is 8.78 Å². The molecule has 0 spiro atoms. The van der Waals surface area contributed by atoms with E-state index in [4.69, 9.17) is 0 Å². The summed E-state index contributed by atoms with van der Waals surface area (Å²) in [6, 6.07) is 4.15. The second-order valence-corrected chi connectivity index (χ2v) is 5.61. The van der Waals surface area contributed by atoms with Gasteiger partial charge >= 0.3 is 0 Å². The molecule has 18 heavy (non-hydrogen) atoms. The van der Waals surface area contributed by atoms with E-state index in [1.165, 1.54) is 18.6 Å². The highest BCUT2D eigenvalue weighted by molar-refractivity contribution is 5.21. The first kappa shape index (κ1) is 13.5. The fourth-order valence-corrected chi connectivity index (χ4v) is 2.84. The molecular weight excluding hydrogens is 232 g/mol. The molecule has 0 amide bonds. The summed E-state index contributed by atoms with van der Waals surface area (Å²) in [7, 11) is 0. The third-order valence-corrected chi connectivity index (χ3v) is 4.31. The summed E-state index contributed by atoms with van der Waals surface area (Å²) in [5.74, 6) is 0.322. The lowest BCUT2D eigenvalue weighted by atomic mass is 9.96. The zero-order valence-corrected chi connectivity index (χ0v) is 11.2. The van der Waals surface area contributed by atoms with Gasteiger partial charge in [0.1, 0.15) is 11.6 Å². The summed E-state index contributed by atoms with van der Waals surface area (Å²) in [6.07, 6.45) is 2.37. The van der Waals surface area contributed by atoms with Crippen LogP contribution in [0.4, 0.5) is 8.78 Å². The van der Waals surface area contributed by atoms with Crippen LogP contribution in [-0.4, -0.2) is 6.04 Å². The van der Waals surface area contributed by atoms with Crippen molar-refractivity contribution in [1.29, 1.82) is 0 Å². The molecule has 0 radical (unpaired) electrons. The number of nitrogens with one attached hydrogen (secondary N) is 1. The molecule has 4 atom stereocenters. The zero-order valence-electron chi connectivity index (χ0n) is 11.2. The molecule has 1 aliphatic rings. The average Bonchev–Trinajstić information content (AvgIpc) is 2.59. The summed E-state index contributed by atoms with van der Waals surface area (Å²) in [5, 5.41) is 3.50. The van der Waals surface area contributed by atoms with Crippen LogP contribution in [0.1, 0.15) is 45.2 Å². The van der Waals surface area contributed by atoms with E-state index in [1.54, 1.807) is 0 Å². The van der Waals surface area contributed by atoms with E-state index in [9.17, 15) is 8.78 Å². The van der Waals surface area contributed by atoms with Gasteiger partial charge < -0.3 is 5.32 Å². The van der Waals surface area contributed by atoms with Crippen LogP contribution in [0.2, 0.25) is 0 Å². The first-order valence-electron chi connectivity index (χ1n) is 6.69. The van der Waals surface area contributed by atoms with Gasteiger partial charge in [-0.3, -0.25) is 0 Å². The second-order valence-electron chi connectivity index (χ2n) is 5.61. The van der Waals surface area contributed by atoms with E-state index in [1.807, 2.05) is 6.92 Å². The summed E-state index contributed by atoms with van der Waals surface area (Å²) in [5.41, 5.74) is 0.680. The lowest BCUT2D eigenvalue weighted by molar-refractivity contribution is 0.346. The van der Waals surface area contributed by atoms with Gasteiger partial charge in [0.05, 0.1) is 0 Å². The van der Waals surface area contributed by atoms with Crippen LogP contribution in [-0.2, 0) is 0 Å². The van der Waals surface area contributed by atoms with Gasteiger partial charge in [-0.05, 0) is 49.3 Å². The van der Waals surface area contributed by atoms with Crippen molar-refractivity contribution in [2.24, 2.45) is 11.8 Å². The van der Waals surface area contributed by atoms with E-state index in [0.717, 1.165) is 18.4 Å². The van der Waals surface area contributed by atoms with Crippen molar-refractivity contribution < 1.29 is 8.78 Å². The Morgan fingerprint density at radius 1 is 1.11 bits per heavy atom. The maximum absolute atomic E-state index is 13.2. The van der Waals surface area contributed by atoms with E-state index in [2.05, 4.69) is 19.2 Å². The molecule has 1 N–H and O–H groups in total.